The van der Waals surface area contributed by atoms with E-state index in [1.807, 2.05) is 7.05 Å². The van der Waals surface area contributed by atoms with Crippen molar-refractivity contribution in [1.82, 2.24) is 14.9 Å². The molecule has 4 heteroatoms. The Morgan fingerprint density at radius 2 is 2.40 bits per heavy atom. The third-order valence-corrected chi connectivity index (χ3v) is 3.07. The van der Waals surface area contributed by atoms with E-state index >= 15 is 0 Å². The van der Waals surface area contributed by atoms with Crippen molar-refractivity contribution in [3.8, 4) is 0 Å². The molecule has 0 aliphatic carbocycles. The summed E-state index contributed by atoms with van der Waals surface area (Å²) in [7, 11) is 1.99. The summed E-state index contributed by atoms with van der Waals surface area (Å²) in [4.78, 5) is 4.15. The van der Waals surface area contributed by atoms with Gasteiger partial charge in [0.1, 0.15) is 11.5 Å². The van der Waals surface area contributed by atoms with Crippen LogP contribution in [0.4, 0.5) is 4.39 Å². The maximum Gasteiger partial charge on any atom is 0.142 e. The van der Waals surface area contributed by atoms with Crippen LogP contribution in [0.5, 0.6) is 0 Å². The fraction of sp³-hybridized carbons (Fsp3) is 0.364. The molecule has 0 saturated heterocycles. The molecule has 0 saturated carbocycles. The number of nitrogens with one attached hydrogen (secondary N) is 1. The second-order valence-electron chi connectivity index (χ2n) is 3.94. The molecule has 15 heavy (non-hydrogen) atoms. The van der Waals surface area contributed by atoms with E-state index in [9.17, 15) is 4.39 Å². The number of nitrogens with zero attached hydrogens (tertiary/aromatic N) is 2. The van der Waals surface area contributed by atoms with E-state index in [1.54, 1.807) is 6.07 Å². The molecule has 0 radical (unpaired) electrons. The third-order valence-electron chi connectivity index (χ3n) is 3.07. The first-order valence-corrected chi connectivity index (χ1v) is 5.10. The molecular formula is C11H12FN3. The summed E-state index contributed by atoms with van der Waals surface area (Å²) in [6.45, 7) is 1.81. The van der Waals surface area contributed by atoms with Gasteiger partial charge in [-0.15, -0.1) is 0 Å². The van der Waals surface area contributed by atoms with Crippen LogP contribution in [0, 0.1) is 5.82 Å². The normalized spacial score (nSPS) is 15.6. The predicted molar refractivity (Wildman–Crippen MR) is 56.1 cm³/mol. The Morgan fingerprint density at radius 1 is 1.53 bits per heavy atom. The molecule has 0 amide bonds. The molecule has 0 spiro atoms. The fourth-order valence-corrected chi connectivity index (χ4v) is 2.33. The second kappa shape index (κ2) is 3.03. The van der Waals surface area contributed by atoms with Gasteiger partial charge in [0.25, 0.3) is 0 Å². The quantitative estimate of drug-likeness (QED) is 0.703. The largest absolute Gasteiger partial charge is 0.331 e. The third kappa shape index (κ3) is 1.18. The van der Waals surface area contributed by atoms with Crippen LogP contribution in [0.2, 0.25) is 0 Å². The summed E-state index contributed by atoms with van der Waals surface area (Å²) in [5.41, 5.74) is 3.36. The molecule has 2 aromatic rings. The summed E-state index contributed by atoms with van der Waals surface area (Å²) >= 11 is 0. The van der Waals surface area contributed by atoms with Crippen molar-refractivity contribution in [2.75, 3.05) is 6.54 Å². The van der Waals surface area contributed by atoms with E-state index in [0.717, 1.165) is 30.5 Å². The van der Waals surface area contributed by atoms with Gasteiger partial charge in [-0.2, -0.15) is 0 Å². The maximum absolute atomic E-state index is 13.1. The van der Waals surface area contributed by atoms with Crippen LogP contribution in [-0.2, 0) is 20.0 Å². The Kier molecular flexibility index (Phi) is 1.79. The molecule has 0 fully saturated rings. The van der Waals surface area contributed by atoms with Crippen molar-refractivity contribution in [2.24, 2.45) is 7.05 Å². The van der Waals surface area contributed by atoms with Crippen LogP contribution in [0.1, 0.15) is 11.3 Å². The minimum Gasteiger partial charge on any atom is -0.331 e. The van der Waals surface area contributed by atoms with Gasteiger partial charge in [0.2, 0.25) is 0 Å². The SMILES string of the molecule is Cn1c2c(c3cc(F)cnc31)CCNC2. The molecule has 1 aliphatic rings. The number of hydrogen-bond acceptors (Lipinski definition) is 2. The lowest BCUT2D eigenvalue weighted by Crippen LogP contribution is -2.24. The standard InChI is InChI=1S/C11H12FN3/c1-15-10-6-13-3-2-8(10)9-4-7(12)5-14-11(9)15/h4-5,13H,2-3,6H2,1H3. The number of rotatable bonds is 0. The molecule has 1 N–H and O–H groups in total. The van der Waals surface area contributed by atoms with Gasteiger partial charge in [-0.05, 0) is 24.6 Å². The van der Waals surface area contributed by atoms with Crippen molar-refractivity contribution in [1.29, 1.82) is 0 Å². The predicted octanol–water partition coefficient (Wildman–Crippen LogP) is 1.36. The van der Waals surface area contributed by atoms with Gasteiger partial charge in [-0.3, -0.25) is 0 Å². The van der Waals surface area contributed by atoms with Gasteiger partial charge in [0, 0.05) is 24.7 Å². The molecule has 3 rings (SSSR count). The van der Waals surface area contributed by atoms with E-state index in [-0.39, 0.29) is 5.82 Å². The highest BCUT2D eigenvalue weighted by Gasteiger charge is 2.18. The summed E-state index contributed by atoms with van der Waals surface area (Å²) in [6.07, 6.45) is 2.24. The number of fused-ring (bicyclic) bond motifs is 3. The van der Waals surface area contributed by atoms with Crippen LogP contribution in [0.3, 0.4) is 0 Å². The highest BCUT2D eigenvalue weighted by molar-refractivity contribution is 5.82. The average molecular weight is 205 g/mol. The zero-order valence-corrected chi connectivity index (χ0v) is 8.55. The molecule has 78 valence electrons. The first-order valence-electron chi connectivity index (χ1n) is 5.10. The van der Waals surface area contributed by atoms with Gasteiger partial charge in [0.15, 0.2) is 0 Å². The van der Waals surface area contributed by atoms with E-state index in [2.05, 4.69) is 14.9 Å². The first kappa shape index (κ1) is 8.85. The Morgan fingerprint density at radius 3 is 3.27 bits per heavy atom. The number of aromatic nitrogens is 2. The molecule has 3 heterocycles. The molecular weight excluding hydrogens is 193 g/mol. The van der Waals surface area contributed by atoms with Gasteiger partial charge in [-0.25, -0.2) is 9.37 Å². The van der Waals surface area contributed by atoms with E-state index in [0.29, 0.717) is 0 Å². The first-order chi connectivity index (χ1) is 7.27. The molecule has 0 bridgehead atoms. The summed E-state index contributed by atoms with van der Waals surface area (Å²) in [5, 5.41) is 4.28. The van der Waals surface area contributed by atoms with Crippen LogP contribution in [0.15, 0.2) is 12.3 Å². The number of pyridine rings is 1. The minimum absolute atomic E-state index is 0.255. The van der Waals surface area contributed by atoms with Crippen LogP contribution < -0.4 is 5.32 Å². The van der Waals surface area contributed by atoms with Gasteiger partial charge < -0.3 is 9.88 Å². The van der Waals surface area contributed by atoms with Crippen LogP contribution >= 0.6 is 0 Å². The molecule has 0 unspecified atom stereocenters. The van der Waals surface area contributed by atoms with Crippen LogP contribution in [-0.4, -0.2) is 16.1 Å². The van der Waals surface area contributed by atoms with Crippen molar-refractivity contribution in [2.45, 2.75) is 13.0 Å². The Labute approximate surface area is 86.9 Å². The fourth-order valence-electron chi connectivity index (χ4n) is 2.33. The summed E-state index contributed by atoms with van der Waals surface area (Å²) < 4.78 is 15.2. The van der Waals surface area contributed by atoms with Crippen molar-refractivity contribution in [3.05, 3.63) is 29.3 Å². The molecule has 3 nitrogen and oxygen atoms in total. The number of halogens is 1. The Bertz CT molecular complexity index is 530. The molecule has 1 aliphatic heterocycles. The van der Waals surface area contributed by atoms with Crippen molar-refractivity contribution < 1.29 is 4.39 Å². The number of aryl methyl sites for hydroxylation is 1. The van der Waals surface area contributed by atoms with E-state index < -0.39 is 0 Å². The lowest BCUT2D eigenvalue weighted by molar-refractivity contribution is 0.613. The number of hydrogen-bond donors (Lipinski definition) is 1. The monoisotopic (exact) mass is 205 g/mol. The Balaban J connectivity index is 2.39. The topological polar surface area (TPSA) is 29.9 Å². The lowest BCUT2D eigenvalue weighted by atomic mass is 10.1. The van der Waals surface area contributed by atoms with Crippen molar-refractivity contribution in [3.63, 3.8) is 0 Å². The zero-order chi connectivity index (χ0) is 10.4. The van der Waals surface area contributed by atoms with Crippen LogP contribution in [0.25, 0.3) is 11.0 Å². The smallest absolute Gasteiger partial charge is 0.142 e. The average Bonchev–Trinajstić information content (AvgIpc) is 2.54. The van der Waals surface area contributed by atoms with Gasteiger partial charge in [0.05, 0.1) is 6.20 Å². The highest BCUT2D eigenvalue weighted by Crippen LogP contribution is 2.26. The summed E-state index contributed by atoms with van der Waals surface area (Å²) in [5.74, 6) is -0.255. The van der Waals surface area contributed by atoms with E-state index in [4.69, 9.17) is 0 Å². The van der Waals surface area contributed by atoms with Crippen molar-refractivity contribution >= 4 is 11.0 Å². The molecule has 0 aromatic carbocycles. The van der Waals surface area contributed by atoms with E-state index in [1.165, 1.54) is 17.5 Å². The Hall–Kier alpha value is -1.42. The van der Waals surface area contributed by atoms with Gasteiger partial charge in [-0.1, -0.05) is 0 Å². The highest BCUT2D eigenvalue weighted by atomic mass is 19.1. The second-order valence-corrected chi connectivity index (χ2v) is 3.94. The lowest BCUT2D eigenvalue weighted by Gasteiger charge is -2.14. The minimum atomic E-state index is -0.255. The van der Waals surface area contributed by atoms with Gasteiger partial charge >= 0.3 is 0 Å². The maximum atomic E-state index is 13.1. The summed E-state index contributed by atoms with van der Waals surface area (Å²) in [6, 6.07) is 1.59. The zero-order valence-electron chi connectivity index (χ0n) is 8.55. The molecule has 0 atom stereocenters. The molecule has 2 aromatic heterocycles.